The molecule has 4 rings (SSSR count). The first-order valence-electron chi connectivity index (χ1n) is 11.8. The fraction of sp³-hybridized carbons (Fsp3) is 0.310. The van der Waals surface area contributed by atoms with Crippen LogP contribution in [0.5, 0.6) is 5.75 Å². The molecule has 5 nitrogen and oxygen atoms in total. The van der Waals surface area contributed by atoms with E-state index in [1.165, 1.54) is 5.56 Å². The first kappa shape index (κ1) is 23.6. The van der Waals surface area contributed by atoms with Crippen LogP contribution in [0.3, 0.4) is 0 Å². The Balaban J connectivity index is 1.40. The minimum absolute atomic E-state index is 0.0617. The molecule has 5 heteroatoms. The van der Waals surface area contributed by atoms with Gasteiger partial charge in [-0.25, -0.2) is 4.98 Å². The summed E-state index contributed by atoms with van der Waals surface area (Å²) in [6, 6.07) is 24.1. The molecule has 0 saturated carbocycles. The van der Waals surface area contributed by atoms with Crippen LogP contribution in [0.4, 0.5) is 0 Å². The van der Waals surface area contributed by atoms with Gasteiger partial charge in [0, 0.05) is 18.5 Å². The number of benzene rings is 3. The number of carbonyl (C=O) groups is 1. The highest BCUT2D eigenvalue weighted by molar-refractivity contribution is 5.94. The van der Waals surface area contributed by atoms with Gasteiger partial charge >= 0.3 is 0 Å². The Hall–Kier alpha value is -3.60. The van der Waals surface area contributed by atoms with Gasteiger partial charge in [-0.2, -0.15) is 0 Å². The fourth-order valence-corrected chi connectivity index (χ4v) is 4.05. The maximum atomic E-state index is 12.5. The summed E-state index contributed by atoms with van der Waals surface area (Å²) in [5.41, 5.74) is 5.20. The van der Waals surface area contributed by atoms with Crippen LogP contribution in [0, 0.1) is 6.92 Å². The van der Waals surface area contributed by atoms with E-state index in [0.717, 1.165) is 28.2 Å². The lowest BCUT2D eigenvalue weighted by atomic mass is 9.87. The zero-order chi connectivity index (χ0) is 24.1. The predicted molar refractivity (Wildman–Crippen MR) is 138 cm³/mol. The number of nitrogens with one attached hydrogen (secondary N) is 1. The maximum Gasteiger partial charge on any atom is 0.251 e. The number of nitrogens with zero attached hydrogens (tertiary/aromatic N) is 2. The van der Waals surface area contributed by atoms with Crippen molar-refractivity contribution >= 4 is 16.9 Å². The number of amides is 1. The van der Waals surface area contributed by atoms with Gasteiger partial charge in [-0.3, -0.25) is 4.79 Å². The molecule has 1 amide bonds. The average molecular weight is 456 g/mol. The Labute approximate surface area is 201 Å². The third-order valence-corrected chi connectivity index (χ3v) is 5.95. The molecule has 0 aliphatic carbocycles. The van der Waals surface area contributed by atoms with Crippen molar-refractivity contribution in [2.75, 3.05) is 13.2 Å². The monoisotopic (exact) mass is 455 g/mol. The van der Waals surface area contributed by atoms with Gasteiger partial charge in [-0.15, -0.1) is 0 Å². The highest BCUT2D eigenvalue weighted by Gasteiger charge is 2.14. The molecule has 0 bridgehead atoms. The third kappa shape index (κ3) is 5.66. The first-order valence-corrected chi connectivity index (χ1v) is 11.8. The summed E-state index contributed by atoms with van der Waals surface area (Å²) in [6.07, 6.45) is 0.645. The number of ether oxygens (including phenoxy) is 1. The van der Waals surface area contributed by atoms with Crippen LogP contribution < -0.4 is 10.1 Å². The van der Waals surface area contributed by atoms with E-state index < -0.39 is 0 Å². The second-order valence-corrected chi connectivity index (χ2v) is 9.67. The zero-order valence-electron chi connectivity index (χ0n) is 20.5. The number of aromatic nitrogens is 2. The van der Waals surface area contributed by atoms with Gasteiger partial charge in [0.2, 0.25) is 0 Å². The molecule has 176 valence electrons. The summed E-state index contributed by atoms with van der Waals surface area (Å²) in [7, 11) is 0. The van der Waals surface area contributed by atoms with Gasteiger partial charge in [0.1, 0.15) is 18.2 Å². The van der Waals surface area contributed by atoms with E-state index in [4.69, 9.17) is 9.72 Å². The molecule has 0 aliphatic rings. The van der Waals surface area contributed by atoms with Crippen LogP contribution in [0.2, 0.25) is 0 Å². The smallest absolute Gasteiger partial charge is 0.251 e. The Morgan fingerprint density at radius 2 is 1.76 bits per heavy atom. The SMILES string of the molecule is Cc1cccc(C(=O)NCCc2nc3ccccc3n2CCOc2ccc(C(C)(C)C)cc2)c1. The summed E-state index contributed by atoms with van der Waals surface area (Å²) in [5, 5.41) is 3.02. The molecule has 0 aliphatic heterocycles. The van der Waals surface area contributed by atoms with Crippen molar-refractivity contribution in [3.05, 3.63) is 95.3 Å². The number of imidazole rings is 1. The number of para-hydroxylation sites is 2. The number of hydrogen-bond acceptors (Lipinski definition) is 3. The van der Waals surface area contributed by atoms with Crippen LogP contribution in [-0.4, -0.2) is 28.6 Å². The lowest BCUT2D eigenvalue weighted by Crippen LogP contribution is -2.26. The van der Waals surface area contributed by atoms with Crippen molar-refractivity contribution in [3.63, 3.8) is 0 Å². The van der Waals surface area contributed by atoms with E-state index >= 15 is 0 Å². The third-order valence-electron chi connectivity index (χ3n) is 5.95. The van der Waals surface area contributed by atoms with Crippen LogP contribution >= 0.6 is 0 Å². The molecule has 1 N–H and O–H groups in total. The van der Waals surface area contributed by atoms with E-state index in [2.05, 4.69) is 48.9 Å². The number of hydrogen-bond donors (Lipinski definition) is 1. The van der Waals surface area contributed by atoms with Gasteiger partial charge in [-0.1, -0.05) is 62.7 Å². The van der Waals surface area contributed by atoms with Gasteiger partial charge in [0.25, 0.3) is 5.91 Å². The van der Waals surface area contributed by atoms with Gasteiger partial charge in [0.05, 0.1) is 17.6 Å². The largest absolute Gasteiger partial charge is 0.492 e. The Morgan fingerprint density at radius 3 is 2.50 bits per heavy atom. The molecule has 0 saturated heterocycles. The molecule has 0 atom stereocenters. The van der Waals surface area contributed by atoms with E-state index in [9.17, 15) is 4.79 Å². The zero-order valence-corrected chi connectivity index (χ0v) is 20.5. The first-order chi connectivity index (χ1) is 16.3. The number of carbonyl (C=O) groups excluding carboxylic acids is 1. The Kier molecular flexibility index (Phi) is 7.01. The molecular weight excluding hydrogens is 422 g/mol. The lowest BCUT2D eigenvalue weighted by Gasteiger charge is -2.19. The maximum absolute atomic E-state index is 12.5. The van der Waals surface area contributed by atoms with Crippen molar-refractivity contribution in [3.8, 4) is 5.75 Å². The fourth-order valence-electron chi connectivity index (χ4n) is 4.05. The van der Waals surface area contributed by atoms with Crippen molar-refractivity contribution < 1.29 is 9.53 Å². The Bertz CT molecular complexity index is 1270. The van der Waals surface area contributed by atoms with Crippen molar-refractivity contribution in [2.45, 2.75) is 46.1 Å². The molecule has 0 unspecified atom stereocenters. The molecule has 1 heterocycles. The number of rotatable bonds is 8. The molecule has 0 fully saturated rings. The van der Waals surface area contributed by atoms with Crippen LogP contribution in [0.15, 0.2) is 72.8 Å². The number of fused-ring (bicyclic) bond motifs is 1. The van der Waals surface area contributed by atoms with E-state index in [-0.39, 0.29) is 11.3 Å². The topological polar surface area (TPSA) is 56.2 Å². The molecule has 3 aromatic carbocycles. The lowest BCUT2D eigenvalue weighted by molar-refractivity contribution is 0.0953. The summed E-state index contributed by atoms with van der Waals surface area (Å²) in [6.45, 7) is 10.3. The molecule has 34 heavy (non-hydrogen) atoms. The summed E-state index contributed by atoms with van der Waals surface area (Å²) in [4.78, 5) is 17.3. The number of aryl methyl sites for hydroxylation is 1. The molecular formula is C29H33N3O2. The minimum atomic E-state index is -0.0617. The quantitative estimate of drug-likeness (QED) is 0.371. The molecule has 4 aromatic rings. The van der Waals surface area contributed by atoms with Crippen LogP contribution in [-0.2, 0) is 18.4 Å². The molecule has 1 aromatic heterocycles. The summed E-state index contributed by atoms with van der Waals surface area (Å²) < 4.78 is 8.24. The van der Waals surface area contributed by atoms with Gasteiger partial charge in [-0.05, 0) is 54.3 Å². The van der Waals surface area contributed by atoms with Crippen LogP contribution in [0.1, 0.15) is 48.1 Å². The summed E-state index contributed by atoms with van der Waals surface area (Å²) >= 11 is 0. The molecule has 0 radical (unpaired) electrons. The van der Waals surface area contributed by atoms with Crippen LogP contribution in [0.25, 0.3) is 11.0 Å². The second kappa shape index (κ2) is 10.1. The van der Waals surface area contributed by atoms with E-state index in [1.54, 1.807) is 0 Å². The second-order valence-electron chi connectivity index (χ2n) is 9.67. The van der Waals surface area contributed by atoms with Gasteiger partial charge in [0.15, 0.2) is 0 Å². The van der Waals surface area contributed by atoms with Crippen molar-refractivity contribution in [1.82, 2.24) is 14.9 Å². The minimum Gasteiger partial charge on any atom is -0.492 e. The Morgan fingerprint density at radius 1 is 1.00 bits per heavy atom. The average Bonchev–Trinajstić information content (AvgIpc) is 3.16. The van der Waals surface area contributed by atoms with Crippen molar-refractivity contribution in [1.29, 1.82) is 0 Å². The standard InChI is InChI=1S/C29H33N3O2/c1-21-8-7-9-22(20-21)28(33)30-17-16-27-31-25-10-5-6-11-26(25)32(27)18-19-34-24-14-12-23(13-15-24)29(2,3)4/h5-15,20H,16-19H2,1-4H3,(H,30,33). The molecule has 0 spiro atoms. The normalized spacial score (nSPS) is 11.5. The summed E-state index contributed by atoms with van der Waals surface area (Å²) in [5.74, 6) is 1.75. The van der Waals surface area contributed by atoms with Gasteiger partial charge < -0.3 is 14.6 Å². The highest BCUT2D eigenvalue weighted by Crippen LogP contribution is 2.24. The van der Waals surface area contributed by atoms with E-state index in [0.29, 0.717) is 31.7 Å². The van der Waals surface area contributed by atoms with Crippen molar-refractivity contribution in [2.24, 2.45) is 0 Å². The van der Waals surface area contributed by atoms with E-state index in [1.807, 2.05) is 61.5 Å². The highest BCUT2D eigenvalue weighted by atomic mass is 16.5. The predicted octanol–water partition coefficient (Wildman–Crippen LogP) is 5.69.